The first-order chi connectivity index (χ1) is 27.2. The Kier molecular flexibility index (Phi) is 16.0. The van der Waals surface area contributed by atoms with E-state index >= 15 is 0 Å². The van der Waals surface area contributed by atoms with Gasteiger partial charge in [-0.05, 0) is 88.4 Å². The van der Waals surface area contributed by atoms with Crippen LogP contribution in [-0.4, -0.2) is 116 Å². The number of amides is 5. The Labute approximate surface area is 338 Å². The van der Waals surface area contributed by atoms with Crippen molar-refractivity contribution in [2.45, 2.75) is 172 Å². The Morgan fingerprint density at radius 3 is 2.16 bits per heavy atom. The molecule has 0 unspecified atom stereocenters. The van der Waals surface area contributed by atoms with E-state index in [-0.39, 0.29) is 49.7 Å². The molecule has 0 aromatic heterocycles. The first-order valence-corrected chi connectivity index (χ1v) is 21.7. The molecular formula is C41H71N9O7. The van der Waals surface area contributed by atoms with Crippen LogP contribution in [0.25, 0.3) is 0 Å². The summed E-state index contributed by atoms with van der Waals surface area (Å²) in [5.74, 6) is -2.72. The predicted octanol–water partition coefficient (Wildman–Crippen LogP) is 1.54. The molecule has 1 aliphatic heterocycles. The quantitative estimate of drug-likeness (QED) is 0.0900. The van der Waals surface area contributed by atoms with Crippen LogP contribution in [0.3, 0.4) is 0 Å². The van der Waals surface area contributed by atoms with Gasteiger partial charge in [0.25, 0.3) is 0 Å². The first-order valence-electron chi connectivity index (χ1n) is 21.7. The third-order valence-corrected chi connectivity index (χ3v) is 13.4. The molecule has 16 nitrogen and oxygen atoms in total. The molecule has 4 saturated carbocycles. The number of guanidine groups is 1. The molecule has 16 heteroatoms. The molecule has 5 fully saturated rings. The minimum atomic E-state index is -1.20. The van der Waals surface area contributed by atoms with Crippen molar-refractivity contribution in [3.8, 4) is 0 Å². The van der Waals surface area contributed by atoms with Crippen LogP contribution < -0.4 is 38.1 Å². The van der Waals surface area contributed by atoms with Crippen LogP contribution in [0.5, 0.6) is 0 Å². The van der Waals surface area contributed by atoms with Gasteiger partial charge in [-0.25, -0.2) is 0 Å². The van der Waals surface area contributed by atoms with Crippen LogP contribution in [0.2, 0.25) is 0 Å². The Bertz CT molecular complexity index is 1410. The Hall–Kier alpha value is -3.50. The van der Waals surface area contributed by atoms with E-state index in [4.69, 9.17) is 26.4 Å². The third-order valence-electron chi connectivity index (χ3n) is 13.4. The van der Waals surface area contributed by atoms with Crippen molar-refractivity contribution < 1.29 is 33.4 Å². The Morgan fingerprint density at radius 1 is 0.912 bits per heavy atom. The third kappa shape index (κ3) is 11.8. The maximum absolute atomic E-state index is 14.3. The number of hydrogen-bond donors (Lipinski definition) is 8. The summed E-state index contributed by atoms with van der Waals surface area (Å²) in [6.07, 6.45) is 13.6. The van der Waals surface area contributed by atoms with E-state index in [9.17, 15) is 24.0 Å². The molecule has 57 heavy (non-hydrogen) atoms. The average Bonchev–Trinajstić information content (AvgIpc) is 3.41. The number of carbonyl (C=O) groups is 5. The smallest absolute Gasteiger partial charge is 0.245 e. The summed E-state index contributed by atoms with van der Waals surface area (Å²) in [6.45, 7) is 5.37. The van der Waals surface area contributed by atoms with Gasteiger partial charge in [-0.1, -0.05) is 52.4 Å². The summed E-state index contributed by atoms with van der Waals surface area (Å²) in [4.78, 5) is 72.0. The van der Waals surface area contributed by atoms with Gasteiger partial charge in [-0.3, -0.25) is 29.4 Å². The normalized spacial score (nSPS) is 34.1. The van der Waals surface area contributed by atoms with Gasteiger partial charge in [0.15, 0.2) is 5.96 Å². The van der Waals surface area contributed by atoms with Crippen molar-refractivity contribution in [2.75, 3.05) is 26.8 Å². The van der Waals surface area contributed by atoms with Crippen molar-refractivity contribution in [3.05, 3.63) is 0 Å². The minimum absolute atomic E-state index is 0.0141. The molecule has 10 N–H and O–H groups in total. The Balaban J connectivity index is 1.40. The van der Waals surface area contributed by atoms with E-state index < -0.39 is 65.9 Å². The van der Waals surface area contributed by atoms with Crippen LogP contribution in [0.15, 0.2) is 0 Å². The molecule has 0 aromatic rings. The van der Waals surface area contributed by atoms with Gasteiger partial charge in [0.05, 0.1) is 31.3 Å². The molecule has 5 aliphatic rings. The van der Waals surface area contributed by atoms with Crippen molar-refractivity contribution >= 4 is 35.5 Å². The maximum atomic E-state index is 14.3. The molecule has 0 radical (unpaired) electrons. The largest absolute Gasteiger partial charge is 0.375 e. The number of rotatable bonds is 10. The second-order valence-corrected chi connectivity index (χ2v) is 18.0. The molecule has 5 amide bonds. The summed E-state index contributed by atoms with van der Waals surface area (Å²) < 4.78 is 12.6. The highest BCUT2D eigenvalue weighted by Crippen LogP contribution is 2.60. The van der Waals surface area contributed by atoms with E-state index in [1.807, 2.05) is 20.8 Å². The molecule has 7 atom stereocenters. The van der Waals surface area contributed by atoms with Gasteiger partial charge in [0.2, 0.25) is 29.5 Å². The molecule has 0 bridgehead atoms. The zero-order valence-corrected chi connectivity index (χ0v) is 34.7. The van der Waals surface area contributed by atoms with E-state index in [0.717, 1.165) is 51.4 Å². The van der Waals surface area contributed by atoms with E-state index in [1.54, 1.807) is 7.05 Å². The number of nitrogens with two attached hydrogens (primary N) is 2. The lowest BCUT2D eigenvalue weighted by Gasteiger charge is -2.55. The fourth-order valence-corrected chi connectivity index (χ4v) is 9.73. The maximum Gasteiger partial charge on any atom is 0.245 e. The molecular weight excluding hydrogens is 731 g/mol. The lowest BCUT2D eigenvalue weighted by atomic mass is 9.51. The van der Waals surface area contributed by atoms with E-state index in [1.165, 1.54) is 24.2 Å². The fourth-order valence-electron chi connectivity index (χ4n) is 9.73. The highest BCUT2D eigenvalue weighted by Gasteiger charge is 2.49. The average molecular weight is 802 g/mol. The van der Waals surface area contributed by atoms with Gasteiger partial charge in [0, 0.05) is 25.7 Å². The van der Waals surface area contributed by atoms with Crippen molar-refractivity contribution in [2.24, 2.45) is 34.6 Å². The first kappa shape index (κ1) is 44.6. The molecule has 1 saturated heterocycles. The number of carbonyl (C=O) groups excluding carboxylic acids is 5. The standard InChI is InChI=1S/C41H71N9O7/c1-5-11-32-37(53)49-34(27-12-8-6-7-9-13-27)38(54)47-30(21-42)35(51)48-31(23-56-29-17-28(18-29)46-40(43)44)36(52)45-24(2)22-57-33(25(3)39(55)50(32)4)16-26-19-41(20-26)14-10-15-41/h24-34H,5-23,42H2,1-4H3,(H,45,52)(H,47,54)(H,48,51)(H,49,53)(H4,43,44,46)/t24-,25-,28?,29?,30+,31+,32+,33-,34+/m1/s1. The molecule has 1 heterocycles. The van der Waals surface area contributed by atoms with Crippen LogP contribution in [-0.2, 0) is 33.4 Å². The SMILES string of the molecule is CCC[C@H]1C(=O)N[C@@H](C2CCCCCC2)C(=O)N[C@@H](CN)C(=O)N[C@@H](COC2CC(NC(=N)N)C2)C(=O)N[C@H](C)CO[C@H](CC2CC3(CCC3)C2)[C@@H](C)C(=O)N1C. The van der Waals surface area contributed by atoms with Crippen molar-refractivity contribution in [1.29, 1.82) is 5.41 Å². The fraction of sp³-hybridized carbons (Fsp3) is 0.854. The summed E-state index contributed by atoms with van der Waals surface area (Å²) in [7, 11) is 1.66. The number of nitrogens with zero attached hydrogens (tertiary/aromatic N) is 1. The van der Waals surface area contributed by atoms with Crippen molar-refractivity contribution in [3.63, 3.8) is 0 Å². The van der Waals surface area contributed by atoms with Gasteiger partial charge in [-0.2, -0.15) is 0 Å². The highest BCUT2D eigenvalue weighted by molar-refractivity contribution is 5.96. The van der Waals surface area contributed by atoms with Gasteiger partial charge in [0.1, 0.15) is 24.2 Å². The number of hydrogen-bond acceptors (Lipinski definition) is 9. The lowest BCUT2D eigenvalue weighted by molar-refractivity contribution is -0.148. The second kappa shape index (κ2) is 20.5. The highest BCUT2D eigenvalue weighted by atomic mass is 16.5. The molecule has 322 valence electrons. The summed E-state index contributed by atoms with van der Waals surface area (Å²) in [5, 5.41) is 21.9. The zero-order valence-electron chi connectivity index (χ0n) is 34.7. The predicted molar refractivity (Wildman–Crippen MR) is 215 cm³/mol. The van der Waals surface area contributed by atoms with Gasteiger partial charge >= 0.3 is 0 Å². The van der Waals surface area contributed by atoms with Crippen LogP contribution >= 0.6 is 0 Å². The number of likely N-dealkylation sites (N-methyl/N-ethyl adjacent to an activating group) is 1. The second-order valence-electron chi connectivity index (χ2n) is 18.0. The molecule has 4 aliphatic carbocycles. The Morgan fingerprint density at radius 2 is 1.56 bits per heavy atom. The topological polar surface area (TPSA) is 243 Å². The number of ether oxygens (including phenoxy) is 2. The number of nitrogens with one attached hydrogen (secondary N) is 6. The van der Waals surface area contributed by atoms with Gasteiger partial charge in [-0.15, -0.1) is 0 Å². The molecule has 0 aromatic carbocycles. The zero-order chi connectivity index (χ0) is 41.3. The summed E-state index contributed by atoms with van der Waals surface area (Å²) in [5.41, 5.74) is 12.0. The summed E-state index contributed by atoms with van der Waals surface area (Å²) in [6, 6.07) is -4.59. The van der Waals surface area contributed by atoms with Crippen molar-refractivity contribution in [1.82, 2.24) is 31.5 Å². The van der Waals surface area contributed by atoms with Gasteiger partial charge < -0.3 is 52.4 Å². The minimum Gasteiger partial charge on any atom is -0.375 e. The van der Waals surface area contributed by atoms with E-state index in [2.05, 4.69) is 26.6 Å². The van der Waals surface area contributed by atoms with Crippen LogP contribution in [0.4, 0.5) is 0 Å². The molecule has 5 rings (SSSR count). The monoisotopic (exact) mass is 802 g/mol. The van der Waals surface area contributed by atoms with Crippen LogP contribution in [0, 0.1) is 28.6 Å². The van der Waals surface area contributed by atoms with E-state index in [0.29, 0.717) is 43.4 Å². The lowest BCUT2D eigenvalue weighted by Crippen LogP contribution is -2.62. The summed E-state index contributed by atoms with van der Waals surface area (Å²) >= 11 is 0. The molecule has 1 spiro atoms. The van der Waals surface area contributed by atoms with Crippen LogP contribution in [0.1, 0.15) is 124 Å².